The van der Waals surface area contributed by atoms with Crippen LogP contribution in [0.15, 0.2) is 16.9 Å². The van der Waals surface area contributed by atoms with Gasteiger partial charge in [0.15, 0.2) is 0 Å². The van der Waals surface area contributed by atoms with Crippen molar-refractivity contribution in [2.24, 2.45) is 0 Å². The first kappa shape index (κ1) is 14.1. The first-order valence-corrected chi connectivity index (χ1v) is 7.59. The lowest BCUT2D eigenvalue weighted by Crippen LogP contribution is -2.27. The van der Waals surface area contributed by atoms with Gasteiger partial charge in [-0.15, -0.1) is 0 Å². The van der Waals surface area contributed by atoms with Gasteiger partial charge < -0.3 is 0 Å². The van der Waals surface area contributed by atoms with Crippen molar-refractivity contribution >= 4 is 34.8 Å². The number of rotatable bonds is 1. The third-order valence-corrected chi connectivity index (χ3v) is 4.78. The van der Waals surface area contributed by atoms with Gasteiger partial charge in [-0.25, -0.2) is 4.68 Å². The highest BCUT2D eigenvalue weighted by Gasteiger charge is 2.23. The smallest absolute Gasteiger partial charge is 0.271 e. The highest BCUT2D eigenvalue weighted by Crippen LogP contribution is 2.35. The average Bonchev–Trinajstić information content (AvgIpc) is 2.68. The maximum Gasteiger partial charge on any atom is 0.276 e. The van der Waals surface area contributed by atoms with Crippen LogP contribution in [-0.4, -0.2) is 9.36 Å². The summed E-state index contributed by atoms with van der Waals surface area (Å²) in [5.41, 5.74) is 1.91. The molecular formula is C14H13Cl3N2O. The summed E-state index contributed by atoms with van der Waals surface area (Å²) >= 11 is 18.7. The molecule has 6 heteroatoms. The van der Waals surface area contributed by atoms with Crippen LogP contribution in [0.1, 0.15) is 18.4 Å². The zero-order valence-electron chi connectivity index (χ0n) is 10.9. The maximum atomic E-state index is 12.5. The molecule has 106 valence electrons. The lowest BCUT2D eigenvalue weighted by molar-refractivity contribution is 0.356. The van der Waals surface area contributed by atoms with Crippen LogP contribution < -0.4 is 5.56 Å². The fourth-order valence-electron chi connectivity index (χ4n) is 2.60. The second-order valence-corrected chi connectivity index (χ2v) is 6.18. The number of aromatic nitrogens is 2. The Morgan fingerprint density at radius 1 is 1.00 bits per heavy atom. The minimum Gasteiger partial charge on any atom is -0.271 e. The summed E-state index contributed by atoms with van der Waals surface area (Å²) in [6.45, 7) is 3.34. The van der Waals surface area contributed by atoms with Crippen LogP contribution in [0.2, 0.25) is 15.2 Å². The van der Waals surface area contributed by atoms with Crippen molar-refractivity contribution in [3.63, 3.8) is 0 Å². The minimum absolute atomic E-state index is 0.0849. The van der Waals surface area contributed by atoms with Crippen LogP contribution in [0.5, 0.6) is 0 Å². The number of fused-ring (bicyclic) bond motifs is 1. The first-order chi connectivity index (χ1) is 9.50. The topological polar surface area (TPSA) is 26.9 Å². The van der Waals surface area contributed by atoms with Crippen molar-refractivity contribution in [1.82, 2.24) is 9.36 Å². The fourth-order valence-corrected chi connectivity index (χ4v) is 3.44. The minimum atomic E-state index is -0.0849. The number of hydrogen-bond donors (Lipinski definition) is 0. The molecule has 0 fully saturated rings. The van der Waals surface area contributed by atoms with E-state index in [0.717, 1.165) is 24.9 Å². The SMILES string of the molecule is Cc1cc(-c2c(Cl)n3n(c2=O)CCCC3)c(Cl)cc1Cl. The van der Waals surface area contributed by atoms with Crippen LogP contribution in [0.25, 0.3) is 11.1 Å². The molecule has 0 atom stereocenters. The van der Waals surface area contributed by atoms with Gasteiger partial charge in [-0.1, -0.05) is 34.8 Å². The van der Waals surface area contributed by atoms with E-state index in [-0.39, 0.29) is 5.56 Å². The highest BCUT2D eigenvalue weighted by atomic mass is 35.5. The van der Waals surface area contributed by atoms with Crippen molar-refractivity contribution < 1.29 is 0 Å². The van der Waals surface area contributed by atoms with Crippen LogP contribution in [0.4, 0.5) is 0 Å². The quantitative estimate of drug-likeness (QED) is 0.762. The largest absolute Gasteiger partial charge is 0.276 e. The van der Waals surface area contributed by atoms with E-state index in [4.69, 9.17) is 34.8 Å². The lowest BCUT2D eigenvalue weighted by Gasteiger charge is -2.17. The molecule has 0 N–H and O–H groups in total. The van der Waals surface area contributed by atoms with Gasteiger partial charge in [0.25, 0.3) is 5.56 Å². The summed E-state index contributed by atoms with van der Waals surface area (Å²) in [7, 11) is 0. The van der Waals surface area contributed by atoms with Crippen molar-refractivity contribution in [2.75, 3.05) is 0 Å². The molecule has 1 aliphatic rings. The summed E-state index contributed by atoms with van der Waals surface area (Å²) in [5, 5.41) is 1.49. The summed E-state index contributed by atoms with van der Waals surface area (Å²) in [6, 6.07) is 3.48. The molecule has 3 rings (SSSR count). The van der Waals surface area contributed by atoms with Crippen molar-refractivity contribution in [3.8, 4) is 11.1 Å². The molecule has 20 heavy (non-hydrogen) atoms. The standard InChI is InChI=1S/C14H13Cl3N2O/c1-8-6-9(11(16)7-10(8)15)12-13(17)18-4-2-3-5-19(18)14(12)20/h6-7H,2-5H2,1H3. The molecule has 0 unspecified atom stereocenters. The van der Waals surface area contributed by atoms with Gasteiger partial charge in [0.2, 0.25) is 0 Å². The summed E-state index contributed by atoms with van der Waals surface area (Å²) in [4.78, 5) is 12.5. The molecule has 0 spiro atoms. The summed E-state index contributed by atoms with van der Waals surface area (Å²) in [5.74, 6) is 0. The van der Waals surface area contributed by atoms with E-state index in [1.54, 1.807) is 10.7 Å². The van der Waals surface area contributed by atoms with Crippen LogP contribution in [-0.2, 0) is 13.1 Å². The van der Waals surface area contributed by atoms with Crippen LogP contribution in [0.3, 0.4) is 0 Å². The molecule has 0 aliphatic carbocycles. The summed E-state index contributed by atoms with van der Waals surface area (Å²) < 4.78 is 3.53. The fraction of sp³-hybridized carbons (Fsp3) is 0.357. The van der Waals surface area contributed by atoms with Crippen LogP contribution in [0, 0.1) is 6.92 Å². The molecule has 1 aliphatic heterocycles. The van der Waals surface area contributed by atoms with E-state index in [9.17, 15) is 4.79 Å². The predicted octanol–water partition coefficient (Wildman–Crippen LogP) is 4.38. The number of benzene rings is 1. The Labute approximate surface area is 131 Å². The van der Waals surface area contributed by atoms with E-state index >= 15 is 0 Å². The van der Waals surface area contributed by atoms with Gasteiger partial charge >= 0.3 is 0 Å². The highest BCUT2D eigenvalue weighted by molar-refractivity contribution is 6.38. The Morgan fingerprint density at radius 2 is 1.65 bits per heavy atom. The van der Waals surface area contributed by atoms with Gasteiger partial charge in [-0.3, -0.25) is 9.48 Å². The summed E-state index contributed by atoms with van der Waals surface area (Å²) in [6.07, 6.45) is 2.02. The Hall–Kier alpha value is -0.900. The molecular weight excluding hydrogens is 319 g/mol. The predicted molar refractivity (Wildman–Crippen MR) is 83.1 cm³/mol. The Balaban J connectivity index is 2.28. The monoisotopic (exact) mass is 330 g/mol. The molecule has 0 saturated heterocycles. The van der Waals surface area contributed by atoms with Crippen molar-refractivity contribution in [1.29, 1.82) is 0 Å². The van der Waals surface area contributed by atoms with Gasteiger partial charge in [-0.2, -0.15) is 0 Å². The van der Waals surface area contributed by atoms with Crippen molar-refractivity contribution in [3.05, 3.63) is 43.2 Å². The second-order valence-electron chi connectivity index (χ2n) is 5.01. The zero-order chi connectivity index (χ0) is 14.4. The third kappa shape index (κ3) is 2.09. The van der Waals surface area contributed by atoms with Gasteiger partial charge in [0.1, 0.15) is 5.15 Å². The van der Waals surface area contributed by atoms with Gasteiger partial charge in [-0.05, 0) is 37.5 Å². The Bertz CT molecular complexity index is 746. The normalized spacial score (nSPS) is 14.4. The van der Waals surface area contributed by atoms with E-state index in [1.807, 2.05) is 17.7 Å². The molecule has 0 amide bonds. The Morgan fingerprint density at radius 3 is 2.30 bits per heavy atom. The molecule has 2 heterocycles. The molecule has 0 bridgehead atoms. The van der Waals surface area contributed by atoms with E-state index < -0.39 is 0 Å². The van der Waals surface area contributed by atoms with E-state index in [2.05, 4.69) is 0 Å². The molecule has 1 aromatic heterocycles. The number of hydrogen-bond acceptors (Lipinski definition) is 1. The van der Waals surface area contributed by atoms with E-state index in [1.165, 1.54) is 0 Å². The average molecular weight is 332 g/mol. The number of aryl methyl sites for hydroxylation is 1. The Kier molecular flexibility index (Phi) is 3.61. The lowest BCUT2D eigenvalue weighted by atomic mass is 10.1. The maximum absolute atomic E-state index is 12.5. The number of nitrogens with zero attached hydrogens (tertiary/aromatic N) is 2. The van der Waals surface area contributed by atoms with E-state index in [0.29, 0.717) is 32.9 Å². The zero-order valence-corrected chi connectivity index (χ0v) is 13.2. The molecule has 0 saturated carbocycles. The van der Waals surface area contributed by atoms with Crippen molar-refractivity contribution in [2.45, 2.75) is 32.9 Å². The molecule has 1 aromatic carbocycles. The van der Waals surface area contributed by atoms with Gasteiger partial charge in [0, 0.05) is 23.7 Å². The number of halogens is 3. The second kappa shape index (κ2) is 5.14. The molecule has 0 radical (unpaired) electrons. The third-order valence-electron chi connectivity index (χ3n) is 3.68. The molecule has 3 nitrogen and oxygen atoms in total. The van der Waals surface area contributed by atoms with Crippen LogP contribution >= 0.6 is 34.8 Å². The first-order valence-electron chi connectivity index (χ1n) is 6.46. The van der Waals surface area contributed by atoms with Gasteiger partial charge in [0.05, 0.1) is 10.6 Å². The molecule has 2 aromatic rings.